The third-order valence-corrected chi connectivity index (χ3v) is 6.06. The van der Waals surface area contributed by atoms with Crippen molar-refractivity contribution < 1.29 is 0 Å². The Morgan fingerprint density at radius 1 is 1.00 bits per heavy atom. The van der Waals surface area contributed by atoms with Crippen LogP contribution in [-0.4, -0.2) is 42.6 Å². The van der Waals surface area contributed by atoms with Gasteiger partial charge >= 0.3 is 0 Å². The minimum atomic E-state index is 1.04. The maximum atomic E-state index is 4.53. The molecular weight excluding hydrogens is 398 g/mol. The van der Waals surface area contributed by atoms with Crippen LogP contribution in [0.4, 0.5) is 5.82 Å². The lowest BCUT2D eigenvalue weighted by Gasteiger charge is -2.35. The van der Waals surface area contributed by atoms with Crippen molar-refractivity contribution in [3.05, 3.63) is 57.7 Å². The normalized spacial score (nSPS) is 15.3. The summed E-state index contributed by atoms with van der Waals surface area (Å²) in [4.78, 5) is 9.51. The van der Waals surface area contributed by atoms with Gasteiger partial charge in [0, 0.05) is 43.4 Å². The first-order valence-electron chi connectivity index (χ1n) is 10.3. The molecule has 3 nitrogen and oxygen atoms in total. The van der Waals surface area contributed by atoms with Gasteiger partial charge in [-0.2, -0.15) is 0 Å². The highest BCUT2D eigenvalue weighted by Crippen LogP contribution is 2.18. The van der Waals surface area contributed by atoms with Gasteiger partial charge in [-0.25, -0.2) is 4.98 Å². The summed E-state index contributed by atoms with van der Waals surface area (Å²) in [6.07, 6.45) is 8.20. The summed E-state index contributed by atoms with van der Waals surface area (Å²) in [5.41, 5.74) is 4.49. The molecule has 1 aliphatic rings. The fourth-order valence-corrected chi connectivity index (χ4v) is 3.99. The second-order valence-electron chi connectivity index (χ2n) is 7.63. The summed E-state index contributed by atoms with van der Waals surface area (Å²) in [5, 5.41) is 0. The molecule has 1 aromatic carbocycles. The number of anilines is 1. The number of hydrogen-bond donors (Lipinski definition) is 0. The third kappa shape index (κ3) is 6.05. The van der Waals surface area contributed by atoms with Crippen LogP contribution in [0.3, 0.4) is 0 Å². The van der Waals surface area contributed by atoms with E-state index >= 15 is 0 Å². The highest BCUT2D eigenvalue weighted by atomic mass is 79.9. The molecule has 1 fully saturated rings. The first kappa shape index (κ1) is 20.3. The highest BCUT2D eigenvalue weighted by Gasteiger charge is 2.17. The van der Waals surface area contributed by atoms with Crippen molar-refractivity contribution in [2.24, 2.45) is 0 Å². The average molecular weight is 430 g/mol. The molecule has 0 N–H and O–H groups in total. The molecule has 0 radical (unpaired) electrons. The number of piperazine rings is 1. The van der Waals surface area contributed by atoms with Gasteiger partial charge in [-0.1, -0.05) is 38.0 Å². The van der Waals surface area contributed by atoms with Crippen LogP contribution < -0.4 is 4.90 Å². The van der Waals surface area contributed by atoms with E-state index in [-0.39, 0.29) is 0 Å². The topological polar surface area (TPSA) is 19.4 Å². The molecule has 1 aromatic heterocycles. The van der Waals surface area contributed by atoms with Gasteiger partial charge in [0.15, 0.2) is 0 Å². The van der Waals surface area contributed by atoms with Gasteiger partial charge in [-0.05, 0) is 70.9 Å². The lowest BCUT2D eigenvalue weighted by atomic mass is 9.98. The van der Waals surface area contributed by atoms with Gasteiger partial charge in [0.05, 0.1) is 0 Å². The maximum Gasteiger partial charge on any atom is 0.128 e. The van der Waals surface area contributed by atoms with Gasteiger partial charge < -0.3 is 4.90 Å². The number of aryl methyl sites for hydroxylation is 2. The van der Waals surface area contributed by atoms with E-state index in [1.807, 2.05) is 6.20 Å². The Kier molecular flexibility index (Phi) is 7.71. The van der Waals surface area contributed by atoms with Crippen molar-refractivity contribution in [2.75, 3.05) is 37.6 Å². The summed E-state index contributed by atoms with van der Waals surface area (Å²) in [7, 11) is 0. The highest BCUT2D eigenvalue weighted by molar-refractivity contribution is 9.10. The Morgan fingerprint density at radius 2 is 1.81 bits per heavy atom. The smallest absolute Gasteiger partial charge is 0.128 e. The molecule has 2 aromatic rings. The predicted octanol–water partition coefficient (Wildman–Crippen LogP) is 5.25. The molecule has 0 atom stereocenters. The Balaban J connectivity index is 1.47. The van der Waals surface area contributed by atoms with Gasteiger partial charge in [-0.3, -0.25) is 4.90 Å². The van der Waals surface area contributed by atoms with Crippen LogP contribution in [0.2, 0.25) is 0 Å². The van der Waals surface area contributed by atoms with Gasteiger partial charge in [0.2, 0.25) is 0 Å². The third-order valence-electron chi connectivity index (χ3n) is 5.59. The lowest BCUT2D eigenvalue weighted by Crippen LogP contribution is -2.47. The zero-order valence-corrected chi connectivity index (χ0v) is 18.3. The molecule has 2 heterocycles. The van der Waals surface area contributed by atoms with Crippen LogP contribution in [-0.2, 0) is 12.8 Å². The Labute approximate surface area is 172 Å². The maximum absolute atomic E-state index is 4.53. The number of hydrogen-bond acceptors (Lipinski definition) is 3. The number of nitrogens with zero attached hydrogens (tertiary/aromatic N) is 3. The van der Waals surface area contributed by atoms with Crippen molar-refractivity contribution in [3.8, 4) is 0 Å². The lowest BCUT2D eigenvalue weighted by molar-refractivity contribution is 0.260. The van der Waals surface area contributed by atoms with Crippen LogP contribution in [0.25, 0.3) is 0 Å². The van der Waals surface area contributed by atoms with Crippen LogP contribution in [0.1, 0.15) is 42.9 Å². The molecule has 4 heteroatoms. The summed E-state index contributed by atoms with van der Waals surface area (Å²) < 4.78 is 1.04. The fourth-order valence-electron chi connectivity index (χ4n) is 3.76. The minimum Gasteiger partial charge on any atom is -0.354 e. The molecule has 27 heavy (non-hydrogen) atoms. The van der Waals surface area contributed by atoms with E-state index in [1.54, 1.807) is 5.56 Å². The van der Waals surface area contributed by atoms with Gasteiger partial charge in [-0.15, -0.1) is 0 Å². The first-order valence-corrected chi connectivity index (χ1v) is 11.1. The monoisotopic (exact) mass is 429 g/mol. The quantitative estimate of drug-likeness (QED) is 0.534. The largest absolute Gasteiger partial charge is 0.354 e. The second-order valence-corrected chi connectivity index (χ2v) is 8.55. The molecular formula is C23H32BrN3. The van der Waals surface area contributed by atoms with Crippen LogP contribution >= 0.6 is 15.9 Å². The van der Waals surface area contributed by atoms with E-state index < -0.39 is 0 Å². The molecule has 1 saturated heterocycles. The zero-order valence-electron chi connectivity index (χ0n) is 16.8. The number of benzene rings is 1. The number of aromatic nitrogens is 1. The van der Waals surface area contributed by atoms with Crippen molar-refractivity contribution in [1.82, 2.24) is 9.88 Å². The summed E-state index contributed by atoms with van der Waals surface area (Å²) in [6, 6.07) is 11.3. The predicted molar refractivity (Wildman–Crippen MR) is 119 cm³/mol. The van der Waals surface area contributed by atoms with Gasteiger partial charge in [0.1, 0.15) is 5.82 Å². The Morgan fingerprint density at radius 3 is 2.52 bits per heavy atom. The number of rotatable bonds is 8. The van der Waals surface area contributed by atoms with Crippen molar-refractivity contribution >= 4 is 21.7 Å². The molecule has 0 unspecified atom stereocenters. The molecule has 0 amide bonds. The van der Waals surface area contributed by atoms with Crippen molar-refractivity contribution in [1.29, 1.82) is 0 Å². The molecule has 0 aliphatic carbocycles. The number of halogens is 1. The van der Waals surface area contributed by atoms with E-state index in [2.05, 4.69) is 74.9 Å². The summed E-state index contributed by atoms with van der Waals surface area (Å²) >= 11 is 3.46. The number of unbranched alkanes of at least 4 members (excludes halogenated alkanes) is 2. The Hall–Kier alpha value is -1.39. The SMILES string of the molecule is CCCCCc1cc(CCN2CCN(c3ccc(Br)cn3)CC2)ccc1C. The van der Waals surface area contributed by atoms with Crippen LogP contribution in [0.5, 0.6) is 0 Å². The van der Waals surface area contributed by atoms with Crippen molar-refractivity contribution in [3.63, 3.8) is 0 Å². The Bertz CT molecular complexity index is 706. The first-order chi connectivity index (χ1) is 13.2. The molecule has 146 valence electrons. The van der Waals surface area contributed by atoms with Gasteiger partial charge in [0.25, 0.3) is 0 Å². The van der Waals surface area contributed by atoms with Crippen molar-refractivity contribution in [2.45, 2.75) is 46.0 Å². The van der Waals surface area contributed by atoms with E-state index in [0.29, 0.717) is 0 Å². The van der Waals surface area contributed by atoms with E-state index in [0.717, 1.165) is 49.4 Å². The minimum absolute atomic E-state index is 1.04. The molecule has 1 aliphatic heterocycles. The summed E-state index contributed by atoms with van der Waals surface area (Å²) in [5.74, 6) is 1.09. The molecule has 0 spiro atoms. The molecule has 3 rings (SSSR count). The summed E-state index contributed by atoms with van der Waals surface area (Å²) in [6.45, 7) is 10.0. The second kappa shape index (κ2) is 10.2. The standard InChI is InChI=1S/C23H32BrN3/c1-3-4-5-6-21-17-20(8-7-19(21)2)11-12-26-13-15-27(16-14-26)23-10-9-22(24)18-25-23/h7-10,17-18H,3-6,11-16H2,1-2H3. The zero-order chi connectivity index (χ0) is 19.1. The van der Waals surface area contributed by atoms with E-state index in [9.17, 15) is 0 Å². The van der Waals surface area contributed by atoms with Crippen LogP contribution in [0.15, 0.2) is 41.0 Å². The molecule has 0 bridgehead atoms. The fraction of sp³-hybridized carbons (Fsp3) is 0.522. The average Bonchev–Trinajstić information content (AvgIpc) is 2.69. The number of pyridine rings is 1. The van der Waals surface area contributed by atoms with Crippen LogP contribution in [0, 0.1) is 6.92 Å². The molecule has 0 saturated carbocycles. The van der Waals surface area contributed by atoms with E-state index in [4.69, 9.17) is 0 Å². The van der Waals surface area contributed by atoms with E-state index in [1.165, 1.54) is 36.8 Å².